The normalized spacial score (nSPS) is 21.8. The van der Waals surface area contributed by atoms with Crippen molar-refractivity contribution in [2.24, 2.45) is 0 Å². The molecule has 0 bridgehead atoms. The Kier molecular flexibility index (Phi) is 5.28. The zero-order valence-electron chi connectivity index (χ0n) is 16.7. The van der Waals surface area contributed by atoms with Crippen LogP contribution in [0.5, 0.6) is 11.5 Å². The summed E-state index contributed by atoms with van der Waals surface area (Å²) >= 11 is 0. The number of rotatable bonds is 5. The standard InChI is InChI=1S/C20H25N3O5S/c1-22(2)16-7-5-15(6-8-16)21-29(24,25)19-13-28-23(3)20(19)14-4-9-17-18(12-14)27-11-10-26-17/h4-9,12,19-21H,10-11,13H2,1-3H3. The van der Waals surface area contributed by atoms with E-state index in [1.54, 1.807) is 24.2 Å². The van der Waals surface area contributed by atoms with Crippen molar-refractivity contribution < 1.29 is 22.7 Å². The second kappa shape index (κ2) is 7.74. The summed E-state index contributed by atoms with van der Waals surface area (Å²) in [7, 11) is 1.91. The van der Waals surface area contributed by atoms with Crippen LogP contribution in [0.2, 0.25) is 0 Å². The molecule has 0 aromatic heterocycles. The number of nitrogens with zero attached hydrogens (tertiary/aromatic N) is 2. The lowest BCUT2D eigenvalue weighted by Gasteiger charge is -2.25. The predicted octanol–water partition coefficient (Wildman–Crippen LogP) is 2.25. The Morgan fingerprint density at radius 3 is 2.41 bits per heavy atom. The molecule has 0 aliphatic carbocycles. The van der Waals surface area contributed by atoms with E-state index in [0.29, 0.717) is 30.4 Å². The zero-order chi connectivity index (χ0) is 20.6. The molecular weight excluding hydrogens is 394 g/mol. The lowest BCUT2D eigenvalue weighted by Crippen LogP contribution is -2.35. The number of nitrogens with one attached hydrogen (secondary N) is 1. The first kappa shape index (κ1) is 19.8. The Labute approximate surface area is 171 Å². The van der Waals surface area contributed by atoms with Crippen LogP contribution in [-0.2, 0) is 14.9 Å². The molecule has 1 N–H and O–H groups in total. The largest absolute Gasteiger partial charge is 0.486 e. The molecule has 2 unspecified atom stereocenters. The highest BCUT2D eigenvalue weighted by atomic mass is 32.2. The Morgan fingerprint density at radius 1 is 1.03 bits per heavy atom. The smallest absolute Gasteiger partial charge is 0.239 e. The Bertz CT molecular complexity index is 978. The molecule has 0 saturated carbocycles. The van der Waals surface area contributed by atoms with Crippen LogP contribution in [-0.4, -0.2) is 59.7 Å². The topological polar surface area (TPSA) is 80.3 Å². The van der Waals surface area contributed by atoms with Gasteiger partial charge in [0.2, 0.25) is 10.0 Å². The lowest BCUT2D eigenvalue weighted by atomic mass is 10.0. The highest BCUT2D eigenvalue weighted by Crippen LogP contribution is 2.39. The maximum atomic E-state index is 13.2. The molecule has 2 aromatic carbocycles. The fourth-order valence-corrected chi connectivity index (χ4v) is 5.12. The molecule has 2 heterocycles. The number of anilines is 2. The highest BCUT2D eigenvalue weighted by molar-refractivity contribution is 7.93. The van der Waals surface area contributed by atoms with Crippen LogP contribution in [0.25, 0.3) is 0 Å². The Morgan fingerprint density at radius 2 is 1.72 bits per heavy atom. The number of hydroxylamine groups is 2. The van der Waals surface area contributed by atoms with E-state index in [9.17, 15) is 8.42 Å². The molecule has 2 aliphatic heterocycles. The number of hydrogen-bond acceptors (Lipinski definition) is 7. The summed E-state index contributed by atoms with van der Waals surface area (Å²) in [5, 5.41) is 0.813. The van der Waals surface area contributed by atoms with Crippen molar-refractivity contribution in [3.05, 3.63) is 48.0 Å². The molecule has 2 aliphatic rings. The van der Waals surface area contributed by atoms with E-state index in [-0.39, 0.29) is 6.61 Å². The van der Waals surface area contributed by atoms with Gasteiger partial charge in [0.15, 0.2) is 11.5 Å². The minimum absolute atomic E-state index is 0.0702. The van der Waals surface area contributed by atoms with Gasteiger partial charge in [-0.25, -0.2) is 8.42 Å². The van der Waals surface area contributed by atoms with E-state index in [2.05, 4.69) is 4.72 Å². The first-order chi connectivity index (χ1) is 13.8. The van der Waals surface area contributed by atoms with Crippen LogP contribution in [0, 0.1) is 0 Å². The predicted molar refractivity (Wildman–Crippen MR) is 111 cm³/mol. The molecule has 0 amide bonds. The van der Waals surface area contributed by atoms with Crippen LogP contribution in [0.1, 0.15) is 11.6 Å². The van der Waals surface area contributed by atoms with Crippen molar-refractivity contribution in [1.82, 2.24) is 5.06 Å². The summed E-state index contributed by atoms with van der Waals surface area (Å²) < 4.78 is 40.2. The van der Waals surface area contributed by atoms with Gasteiger partial charge < -0.3 is 14.4 Å². The summed E-state index contributed by atoms with van der Waals surface area (Å²) in [6, 6.07) is 12.3. The van der Waals surface area contributed by atoms with Crippen LogP contribution < -0.4 is 19.1 Å². The summed E-state index contributed by atoms with van der Waals surface area (Å²) in [6.07, 6.45) is 0. The molecular formula is C20H25N3O5S. The number of hydrogen-bond donors (Lipinski definition) is 1. The molecule has 156 valence electrons. The van der Waals surface area contributed by atoms with Gasteiger partial charge in [-0.2, -0.15) is 5.06 Å². The van der Waals surface area contributed by atoms with Gasteiger partial charge in [0.25, 0.3) is 0 Å². The van der Waals surface area contributed by atoms with E-state index < -0.39 is 21.3 Å². The number of sulfonamides is 1. The Hall–Kier alpha value is -2.49. The summed E-state index contributed by atoms with van der Waals surface area (Å²) in [4.78, 5) is 7.54. The SMILES string of the molecule is CN(C)c1ccc(NS(=O)(=O)C2CON(C)C2c2ccc3c(c2)OCCO3)cc1. The first-order valence-corrected chi connectivity index (χ1v) is 10.9. The number of benzene rings is 2. The molecule has 0 spiro atoms. The third-order valence-corrected chi connectivity index (χ3v) is 6.85. The minimum Gasteiger partial charge on any atom is -0.486 e. The third kappa shape index (κ3) is 3.98. The van der Waals surface area contributed by atoms with Crippen molar-refractivity contribution in [2.45, 2.75) is 11.3 Å². The molecule has 1 fully saturated rings. The lowest BCUT2D eigenvalue weighted by molar-refractivity contribution is -0.110. The fraction of sp³-hybridized carbons (Fsp3) is 0.400. The van der Waals surface area contributed by atoms with Gasteiger partial charge in [-0.1, -0.05) is 6.07 Å². The quantitative estimate of drug-likeness (QED) is 0.796. The van der Waals surface area contributed by atoms with Crippen molar-refractivity contribution in [2.75, 3.05) is 50.6 Å². The van der Waals surface area contributed by atoms with Gasteiger partial charge in [0.05, 0.1) is 12.6 Å². The van der Waals surface area contributed by atoms with Crippen LogP contribution >= 0.6 is 0 Å². The van der Waals surface area contributed by atoms with Gasteiger partial charge in [0, 0.05) is 32.5 Å². The summed E-state index contributed by atoms with van der Waals surface area (Å²) in [5.41, 5.74) is 2.31. The van der Waals surface area contributed by atoms with Gasteiger partial charge in [0.1, 0.15) is 18.5 Å². The molecule has 9 heteroatoms. The molecule has 1 saturated heterocycles. The second-order valence-corrected chi connectivity index (χ2v) is 9.22. The van der Waals surface area contributed by atoms with Crippen LogP contribution in [0.4, 0.5) is 11.4 Å². The average Bonchev–Trinajstić information content (AvgIpc) is 3.10. The zero-order valence-corrected chi connectivity index (χ0v) is 17.5. The fourth-order valence-electron chi connectivity index (χ4n) is 3.59. The average molecular weight is 420 g/mol. The van der Waals surface area contributed by atoms with Gasteiger partial charge in [-0.3, -0.25) is 9.56 Å². The second-order valence-electron chi connectivity index (χ2n) is 7.32. The monoisotopic (exact) mass is 419 g/mol. The van der Waals surface area contributed by atoms with Crippen molar-refractivity contribution in [1.29, 1.82) is 0 Å². The highest BCUT2D eigenvalue weighted by Gasteiger charge is 2.43. The molecule has 2 aromatic rings. The van der Waals surface area contributed by atoms with Crippen molar-refractivity contribution in [3.63, 3.8) is 0 Å². The molecule has 4 rings (SSSR count). The number of ether oxygens (including phenoxy) is 2. The van der Waals surface area contributed by atoms with E-state index in [0.717, 1.165) is 11.3 Å². The third-order valence-electron chi connectivity index (χ3n) is 5.14. The summed E-state index contributed by atoms with van der Waals surface area (Å²) in [5.74, 6) is 1.29. The maximum absolute atomic E-state index is 13.2. The summed E-state index contributed by atoms with van der Waals surface area (Å²) in [6.45, 7) is 1.05. The molecule has 0 radical (unpaired) electrons. The van der Waals surface area contributed by atoms with Gasteiger partial charge in [-0.15, -0.1) is 0 Å². The van der Waals surface area contributed by atoms with Crippen LogP contribution in [0.3, 0.4) is 0 Å². The Balaban J connectivity index is 1.59. The first-order valence-electron chi connectivity index (χ1n) is 9.39. The number of fused-ring (bicyclic) bond motifs is 1. The van der Waals surface area contributed by atoms with E-state index in [1.807, 2.05) is 49.3 Å². The van der Waals surface area contributed by atoms with E-state index >= 15 is 0 Å². The molecule has 2 atom stereocenters. The minimum atomic E-state index is -3.70. The van der Waals surface area contributed by atoms with Crippen molar-refractivity contribution >= 4 is 21.4 Å². The van der Waals surface area contributed by atoms with Gasteiger partial charge >= 0.3 is 0 Å². The van der Waals surface area contributed by atoms with Crippen molar-refractivity contribution in [3.8, 4) is 11.5 Å². The van der Waals surface area contributed by atoms with Gasteiger partial charge in [-0.05, 0) is 42.0 Å². The maximum Gasteiger partial charge on any atom is 0.239 e. The molecule has 29 heavy (non-hydrogen) atoms. The molecule has 8 nitrogen and oxygen atoms in total. The van der Waals surface area contributed by atoms with E-state index in [1.165, 1.54) is 0 Å². The van der Waals surface area contributed by atoms with Crippen LogP contribution in [0.15, 0.2) is 42.5 Å². The van der Waals surface area contributed by atoms with E-state index in [4.69, 9.17) is 14.3 Å².